The normalized spacial score (nSPS) is 11.4. The Morgan fingerprint density at radius 1 is 0.917 bits per heavy atom. The summed E-state index contributed by atoms with van der Waals surface area (Å²) < 4.78 is 56.4. The number of hydrogen-bond donors (Lipinski definition) is 2. The second-order valence-electron chi connectivity index (χ2n) is 7.57. The average molecular weight is 494 g/mol. The van der Waals surface area contributed by atoms with E-state index >= 15 is 0 Å². The zero-order valence-electron chi connectivity index (χ0n) is 18.5. The lowest BCUT2D eigenvalue weighted by atomic mass is 10.1. The second kappa shape index (κ2) is 10.3. The Hall–Kier alpha value is -4.73. The second-order valence-corrected chi connectivity index (χ2v) is 7.57. The molecular weight excluding hydrogens is 476 g/mol. The van der Waals surface area contributed by atoms with Crippen LogP contribution in [0.25, 0.3) is 11.8 Å². The van der Waals surface area contributed by atoms with Crippen LogP contribution in [0.2, 0.25) is 0 Å². The van der Waals surface area contributed by atoms with Crippen LogP contribution in [-0.2, 0) is 11.0 Å². The SMILES string of the molecule is O=C(/C=C/c1cnn(-c2ccccc2)c1)Nc1ccc(NC(=O)c2ccccc2F)cc1C(F)(F)F. The number of benzene rings is 3. The number of rotatable bonds is 6. The van der Waals surface area contributed by atoms with Crippen LogP contribution in [0.1, 0.15) is 21.5 Å². The predicted molar refractivity (Wildman–Crippen MR) is 127 cm³/mol. The first-order chi connectivity index (χ1) is 17.2. The highest BCUT2D eigenvalue weighted by Gasteiger charge is 2.34. The maximum atomic E-state index is 13.8. The lowest BCUT2D eigenvalue weighted by molar-refractivity contribution is -0.136. The number of amides is 2. The third kappa shape index (κ3) is 5.84. The van der Waals surface area contributed by atoms with Gasteiger partial charge in [0, 0.05) is 23.5 Å². The molecule has 2 N–H and O–H groups in total. The molecule has 0 bridgehead atoms. The highest BCUT2D eigenvalue weighted by molar-refractivity contribution is 6.05. The molecule has 0 saturated heterocycles. The molecule has 182 valence electrons. The topological polar surface area (TPSA) is 76.0 Å². The van der Waals surface area contributed by atoms with Gasteiger partial charge in [0.15, 0.2) is 0 Å². The van der Waals surface area contributed by atoms with Gasteiger partial charge in [-0.3, -0.25) is 9.59 Å². The monoisotopic (exact) mass is 494 g/mol. The van der Waals surface area contributed by atoms with Gasteiger partial charge in [-0.1, -0.05) is 30.3 Å². The van der Waals surface area contributed by atoms with Crippen LogP contribution in [0.15, 0.2) is 91.3 Å². The van der Waals surface area contributed by atoms with E-state index in [2.05, 4.69) is 15.7 Å². The Morgan fingerprint density at radius 2 is 1.64 bits per heavy atom. The zero-order valence-corrected chi connectivity index (χ0v) is 18.5. The summed E-state index contributed by atoms with van der Waals surface area (Å²) in [5.41, 5.74) is -0.829. The van der Waals surface area contributed by atoms with E-state index in [1.54, 1.807) is 10.9 Å². The molecule has 36 heavy (non-hydrogen) atoms. The predicted octanol–water partition coefficient (Wildman–Crippen LogP) is 5.93. The maximum Gasteiger partial charge on any atom is 0.418 e. The van der Waals surface area contributed by atoms with Crippen LogP contribution in [0, 0.1) is 5.82 Å². The third-order valence-corrected chi connectivity index (χ3v) is 5.01. The minimum atomic E-state index is -4.83. The number of carbonyl (C=O) groups is 2. The standard InChI is InChI=1S/C26H18F4N4O2/c27-22-9-5-4-8-20(22)25(36)32-18-11-12-23(21(14-18)26(28,29)30)33-24(35)13-10-17-15-31-34(16-17)19-6-2-1-3-7-19/h1-16H,(H,32,36)(H,33,35)/b13-10+. The van der Waals surface area contributed by atoms with Crippen molar-refractivity contribution in [2.24, 2.45) is 0 Å². The van der Waals surface area contributed by atoms with Gasteiger partial charge in [-0.05, 0) is 48.5 Å². The highest BCUT2D eigenvalue weighted by Crippen LogP contribution is 2.36. The number of halogens is 4. The van der Waals surface area contributed by atoms with Crippen molar-refractivity contribution in [2.45, 2.75) is 6.18 Å². The van der Waals surface area contributed by atoms with Gasteiger partial charge in [0.25, 0.3) is 5.91 Å². The molecule has 0 radical (unpaired) electrons. The van der Waals surface area contributed by atoms with Crippen molar-refractivity contribution in [3.8, 4) is 5.69 Å². The summed E-state index contributed by atoms with van der Waals surface area (Å²) in [4.78, 5) is 24.6. The van der Waals surface area contributed by atoms with Crippen LogP contribution in [0.4, 0.5) is 28.9 Å². The summed E-state index contributed by atoms with van der Waals surface area (Å²) in [6, 6.07) is 17.2. The number of anilines is 2. The molecule has 1 heterocycles. The van der Waals surface area contributed by atoms with Crippen molar-refractivity contribution in [3.63, 3.8) is 0 Å². The minimum absolute atomic E-state index is 0.211. The molecule has 6 nitrogen and oxygen atoms in total. The Bertz CT molecular complexity index is 1430. The summed E-state index contributed by atoms with van der Waals surface area (Å²) in [6.45, 7) is 0. The van der Waals surface area contributed by atoms with E-state index in [1.165, 1.54) is 36.5 Å². The first-order valence-corrected chi connectivity index (χ1v) is 10.6. The van der Waals surface area contributed by atoms with Crippen LogP contribution in [0.5, 0.6) is 0 Å². The number of nitrogens with one attached hydrogen (secondary N) is 2. The molecule has 0 aliphatic rings. The van der Waals surface area contributed by atoms with Crippen molar-refractivity contribution in [3.05, 3.63) is 114 Å². The van der Waals surface area contributed by atoms with Crippen LogP contribution in [0.3, 0.4) is 0 Å². The molecule has 0 spiro atoms. The molecule has 0 aliphatic heterocycles. The third-order valence-electron chi connectivity index (χ3n) is 5.01. The van der Waals surface area contributed by atoms with Gasteiger partial charge in [0.2, 0.25) is 5.91 Å². The van der Waals surface area contributed by atoms with E-state index in [0.717, 1.165) is 23.9 Å². The number of nitrogens with zero attached hydrogens (tertiary/aromatic N) is 2. The molecular formula is C26H18F4N4O2. The summed E-state index contributed by atoms with van der Waals surface area (Å²) >= 11 is 0. The van der Waals surface area contributed by atoms with Crippen molar-refractivity contribution >= 4 is 29.3 Å². The maximum absolute atomic E-state index is 13.8. The van der Waals surface area contributed by atoms with E-state index in [-0.39, 0.29) is 11.3 Å². The first kappa shape index (κ1) is 24.4. The van der Waals surface area contributed by atoms with Gasteiger partial charge in [-0.25, -0.2) is 9.07 Å². The fraction of sp³-hybridized carbons (Fsp3) is 0.0385. The highest BCUT2D eigenvalue weighted by atomic mass is 19.4. The quantitative estimate of drug-likeness (QED) is 0.258. The molecule has 4 aromatic rings. The molecule has 3 aromatic carbocycles. The lowest BCUT2D eigenvalue weighted by Crippen LogP contribution is -2.17. The number of para-hydroxylation sites is 1. The van der Waals surface area contributed by atoms with Gasteiger partial charge < -0.3 is 10.6 Å². The molecule has 10 heteroatoms. The molecule has 2 amide bonds. The first-order valence-electron chi connectivity index (χ1n) is 10.6. The lowest BCUT2D eigenvalue weighted by Gasteiger charge is -2.15. The number of carbonyl (C=O) groups excluding carboxylic acids is 2. The molecule has 0 saturated carbocycles. The average Bonchev–Trinajstić information content (AvgIpc) is 3.33. The molecule has 4 rings (SSSR count). The summed E-state index contributed by atoms with van der Waals surface area (Å²) in [5, 5.41) is 8.62. The van der Waals surface area contributed by atoms with Gasteiger partial charge >= 0.3 is 6.18 Å². The van der Waals surface area contributed by atoms with Crippen LogP contribution in [-0.4, -0.2) is 21.6 Å². The van der Waals surface area contributed by atoms with Crippen LogP contribution < -0.4 is 10.6 Å². The van der Waals surface area contributed by atoms with Crippen LogP contribution >= 0.6 is 0 Å². The fourth-order valence-corrected chi connectivity index (χ4v) is 3.30. The molecule has 0 aliphatic carbocycles. The van der Waals surface area contributed by atoms with E-state index in [4.69, 9.17) is 0 Å². The van der Waals surface area contributed by atoms with E-state index in [9.17, 15) is 27.2 Å². The fourth-order valence-electron chi connectivity index (χ4n) is 3.30. The zero-order chi connectivity index (χ0) is 25.7. The van der Waals surface area contributed by atoms with Gasteiger partial charge in [-0.15, -0.1) is 0 Å². The minimum Gasteiger partial charge on any atom is -0.322 e. The Kier molecular flexibility index (Phi) is 6.95. The van der Waals surface area contributed by atoms with Gasteiger partial charge in [-0.2, -0.15) is 18.3 Å². The van der Waals surface area contributed by atoms with E-state index in [1.807, 2.05) is 30.3 Å². The molecule has 0 atom stereocenters. The van der Waals surface area contributed by atoms with E-state index in [0.29, 0.717) is 11.6 Å². The summed E-state index contributed by atoms with van der Waals surface area (Å²) in [7, 11) is 0. The van der Waals surface area contributed by atoms with Crippen molar-refractivity contribution < 1.29 is 27.2 Å². The van der Waals surface area contributed by atoms with E-state index < -0.39 is 35.1 Å². The summed E-state index contributed by atoms with van der Waals surface area (Å²) in [6.07, 6.45) is 0.832. The van der Waals surface area contributed by atoms with Crippen molar-refractivity contribution in [2.75, 3.05) is 10.6 Å². The Morgan fingerprint density at radius 3 is 2.36 bits per heavy atom. The number of hydrogen-bond acceptors (Lipinski definition) is 3. The van der Waals surface area contributed by atoms with Gasteiger partial charge in [0.05, 0.1) is 28.7 Å². The van der Waals surface area contributed by atoms with Gasteiger partial charge in [0.1, 0.15) is 5.82 Å². The largest absolute Gasteiger partial charge is 0.418 e. The summed E-state index contributed by atoms with van der Waals surface area (Å²) in [5.74, 6) is -2.51. The van der Waals surface area contributed by atoms with Crippen molar-refractivity contribution in [1.82, 2.24) is 9.78 Å². The number of aromatic nitrogens is 2. The Labute approximate surface area is 202 Å². The Balaban J connectivity index is 1.48. The number of alkyl halides is 3. The van der Waals surface area contributed by atoms with Crippen molar-refractivity contribution in [1.29, 1.82) is 0 Å². The smallest absolute Gasteiger partial charge is 0.322 e. The molecule has 0 unspecified atom stereocenters. The molecule has 0 fully saturated rings. The molecule has 1 aromatic heterocycles.